The molecule has 0 radical (unpaired) electrons. The minimum absolute atomic E-state index is 0.100. The molecule has 2 rings (SSSR count). The molecule has 0 unspecified atom stereocenters. The number of rotatable bonds is 24. The first-order valence-corrected chi connectivity index (χ1v) is 15.0. The number of nitrogens with one attached hydrogen (secondary N) is 2. The van der Waals surface area contributed by atoms with E-state index in [1.54, 1.807) is 14.0 Å². The molecule has 0 aromatic heterocycles. The van der Waals surface area contributed by atoms with Crippen molar-refractivity contribution in [1.82, 2.24) is 10.6 Å². The molecule has 0 aliphatic heterocycles. The zero-order valence-electron chi connectivity index (χ0n) is 25.6. The van der Waals surface area contributed by atoms with E-state index in [9.17, 15) is 14.4 Å². The number of imide groups is 1. The SMILES string of the molecule is COCCOCCOCCOCCOCC(=O)NC[C@H](C)C(=O)NC(=O)Cc1ccc(CCCCc2ccccc2)cc1. The maximum Gasteiger partial charge on any atom is 0.246 e. The Hall–Kier alpha value is -3.15. The van der Waals surface area contributed by atoms with Crippen molar-refractivity contribution in [3.63, 3.8) is 0 Å². The van der Waals surface area contributed by atoms with Gasteiger partial charge in [0.1, 0.15) is 6.61 Å². The summed E-state index contributed by atoms with van der Waals surface area (Å²) in [5.74, 6) is -1.72. The Morgan fingerprint density at radius 3 is 1.74 bits per heavy atom. The van der Waals surface area contributed by atoms with E-state index in [0.717, 1.165) is 31.2 Å². The lowest BCUT2D eigenvalue weighted by Crippen LogP contribution is -2.41. The molecule has 0 heterocycles. The summed E-state index contributed by atoms with van der Waals surface area (Å²) in [6.45, 7) is 5.15. The van der Waals surface area contributed by atoms with Crippen LogP contribution in [0.3, 0.4) is 0 Å². The van der Waals surface area contributed by atoms with Gasteiger partial charge in [0.2, 0.25) is 17.7 Å². The van der Waals surface area contributed by atoms with Crippen LogP contribution in [0.25, 0.3) is 0 Å². The van der Waals surface area contributed by atoms with Crippen LogP contribution in [-0.2, 0) is 57.3 Å². The molecule has 10 nitrogen and oxygen atoms in total. The average Bonchev–Trinajstić information content (AvgIpc) is 3.01. The van der Waals surface area contributed by atoms with Crippen LogP contribution in [0.15, 0.2) is 54.6 Å². The van der Waals surface area contributed by atoms with Gasteiger partial charge in [0, 0.05) is 13.7 Å². The predicted molar refractivity (Wildman–Crippen MR) is 164 cm³/mol. The quantitative estimate of drug-likeness (QED) is 0.177. The first kappa shape index (κ1) is 36.0. The van der Waals surface area contributed by atoms with E-state index >= 15 is 0 Å². The van der Waals surface area contributed by atoms with E-state index in [0.29, 0.717) is 46.2 Å². The fraction of sp³-hybridized carbons (Fsp3) is 0.545. The van der Waals surface area contributed by atoms with E-state index in [-0.39, 0.29) is 38.0 Å². The second kappa shape index (κ2) is 23.3. The molecule has 43 heavy (non-hydrogen) atoms. The van der Waals surface area contributed by atoms with Crippen molar-refractivity contribution in [1.29, 1.82) is 0 Å². The highest BCUT2D eigenvalue weighted by Crippen LogP contribution is 2.11. The van der Waals surface area contributed by atoms with Crippen LogP contribution in [0.4, 0.5) is 0 Å². The van der Waals surface area contributed by atoms with Crippen molar-refractivity contribution >= 4 is 17.7 Å². The molecule has 2 aromatic carbocycles. The molecule has 0 spiro atoms. The minimum atomic E-state index is -0.570. The molecule has 2 N–H and O–H groups in total. The third kappa shape index (κ3) is 18.2. The van der Waals surface area contributed by atoms with Gasteiger partial charge in [-0.1, -0.05) is 61.5 Å². The number of amides is 3. The van der Waals surface area contributed by atoms with Gasteiger partial charge in [-0.25, -0.2) is 0 Å². The average molecular weight is 601 g/mol. The molecule has 10 heteroatoms. The normalized spacial score (nSPS) is 11.7. The van der Waals surface area contributed by atoms with Crippen molar-refractivity contribution in [3.8, 4) is 0 Å². The zero-order valence-corrected chi connectivity index (χ0v) is 25.6. The number of carbonyl (C=O) groups is 3. The summed E-state index contributed by atoms with van der Waals surface area (Å²) in [5.41, 5.74) is 3.43. The molecule has 0 aliphatic rings. The summed E-state index contributed by atoms with van der Waals surface area (Å²) in [6.07, 6.45) is 4.40. The first-order valence-electron chi connectivity index (χ1n) is 15.0. The van der Waals surface area contributed by atoms with Gasteiger partial charge in [-0.05, 0) is 42.4 Å². The predicted octanol–water partition coefficient (Wildman–Crippen LogP) is 2.90. The zero-order chi connectivity index (χ0) is 31.0. The molecule has 3 amide bonds. The molecule has 2 aromatic rings. The summed E-state index contributed by atoms with van der Waals surface area (Å²) < 4.78 is 26.2. The third-order valence-electron chi connectivity index (χ3n) is 6.51. The van der Waals surface area contributed by atoms with Crippen molar-refractivity contribution in [2.24, 2.45) is 5.92 Å². The summed E-state index contributed by atoms with van der Waals surface area (Å²) in [4.78, 5) is 36.8. The Morgan fingerprint density at radius 1 is 0.651 bits per heavy atom. The number of aryl methyl sites for hydroxylation is 2. The number of benzene rings is 2. The van der Waals surface area contributed by atoms with Crippen molar-refractivity contribution in [2.75, 3.05) is 73.1 Å². The van der Waals surface area contributed by atoms with E-state index in [1.807, 2.05) is 30.3 Å². The Balaban J connectivity index is 1.47. The number of carbonyl (C=O) groups excluding carboxylic acids is 3. The lowest BCUT2D eigenvalue weighted by molar-refractivity contribution is -0.132. The Labute approximate surface area is 255 Å². The highest BCUT2D eigenvalue weighted by atomic mass is 16.6. The van der Waals surface area contributed by atoms with Gasteiger partial charge in [0.15, 0.2) is 0 Å². The number of unbranched alkanes of at least 4 members (excludes halogenated alkanes) is 1. The molecule has 1 atom stereocenters. The summed E-state index contributed by atoms with van der Waals surface area (Å²) in [7, 11) is 1.62. The third-order valence-corrected chi connectivity index (χ3v) is 6.51. The maximum absolute atomic E-state index is 12.4. The minimum Gasteiger partial charge on any atom is -0.382 e. The topological polar surface area (TPSA) is 121 Å². The molecule has 0 saturated heterocycles. The first-order chi connectivity index (χ1) is 21.0. The van der Waals surface area contributed by atoms with Crippen LogP contribution in [0.2, 0.25) is 0 Å². The van der Waals surface area contributed by atoms with Crippen LogP contribution < -0.4 is 10.6 Å². The van der Waals surface area contributed by atoms with E-state index < -0.39 is 11.8 Å². The van der Waals surface area contributed by atoms with Crippen LogP contribution in [-0.4, -0.2) is 90.8 Å². The molecule has 0 aliphatic carbocycles. The molecule has 0 bridgehead atoms. The van der Waals surface area contributed by atoms with Gasteiger partial charge in [0.05, 0.1) is 65.2 Å². The van der Waals surface area contributed by atoms with Crippen LogP contribution >= 0.6 is 0 Å². The smallest absolute Gasteiger partial charge is 0.246 e. The Bertz CT molecular complexity index is 1030. The number of methoxy groups -OCH3 is 1. The molecule has 0 saturated carbocycles. The number of hydrogen-bond donors (Lipinski definition) is 2. The van der Waals surface area contributed by atoms with Crippen LogP contribution in [0.1, 0.15) is 36.5 Å². The maximum atomic E-state index is 12.4. The van der Waals surface area contributed by atoms with Gasteiger partial charge < -0.3 is 29.0 Å². The highest BCUT2D eigenvalue weighted by molar-refractivity contribution is 5.97. The molecule has 238 valence electrons. The molecular weight excluding hydrogens is 552 g/mol. The monoisotopic (exact) mass is 600 g/mol. The van der Waals surface area contributed by atoms with E-state index in [4.69, 9.17) is 23.7 Å². The second-order valence-electron chi connectivity index (χ2n) is 10.2. The fourth-order valence-electron chi connectivity index (χ4n) is 3.99. The Morgan fingerprint density at radius 2 is 1.16 bits per heavy atom. The summed E-state index contributed by atoms with van der Waals surface area (Å²) in [5, 5.41) is 5.07. The van der Waals surface area contributed by atoms with Gasteiger partial charge in [-0.15, -0.1) is 0 Å². The lowest BCUT2D eigenvalue weighted by Gasteiger charge is -2.13. The van der Waals surface area contributed by atoms with Crippen molar-refractivity contribution in [2.45, 2.75) is 39.0 Å². The van der Waals surface area contributed by atoms with E-state index in [1.165, 1.54) is 11.1 Å². The van der Waals surface area contributed by atoms with Crippen LogP contribution in [0.5, 0.6) is 0 Å². The molecular formula is C33H48N2O8. The van der Waals surface area contributed by atoms with Crippen molar-refractivity contribution < 1.29 is 38.1 Å². The van der Waals surface area contributed by atoms with Gasteiger partial charge in [0.25, 0.3) is 0 Å². The highest BCUT2D eigenvalue weighted by Gasteiger charge is 2.17. The Kier molecular flexibility index (Phi) is 19.6. The fourth-order valence-corrected chi connectivity index (χ4v) is 3.99. The number of ether oxygens (including phenoxy) is 5. The van der Waals surface area contributed by atoms with Gasteiger partial charge in [-0.2, -0.15) is 0 Å². The summed E-state index contributed by atoms with van der Waals surface area (Å²) in [6, 6.07) is 18.4. The van der Waals surface area contributed by atoms with Gasteiger partial charge >= 0.3 is 0 Å². The van der Waals surface area contributed by atoms with Gasteiger partial charge in [-0.3, -0.25) is 19.7 Å². The number of hydrogen-bond acceptors (Lipinski definition) is 8. The van der Waals surface area contributed by atoms with Crippen LogP contribution in [0, 0.1) is 5.92 Å². The lowest BCUT2D eigenvalue weighted by atomic mass is 10.0. The van der Waals surface area contributed by atoms with E-state index in [2.05, 4.69) is 34.9 Å². The van der Waals surface area contributed by atoms with Crippen molar-refractivity contribution in [3.05, 3.63) is 71.3 Å². The summed E-state index contributed by atoms with van der Waals surface area (Å²) >= 11 is 0. The standard InChI is InChI=1S/C33H48N2O8/c1-27(25-34-32(37)26-43-23-22-42-21-20-41-19-18-40-17-16-39-2)33(38)35-31(36)24-30-14-12-29(13-15-30)11-7-6-10-28-8-4-3-5-9-28/h3-5,8-9,12-15,27H,6-7,10-11,16-26H2,1-2H3,(H,34,37)(H,35,36,38)/t27-/m0/s1. The largest absolute Gasteiger partial charge is 0.382 e. The second-order valence-corrected chi connectivity index (χ2v) is 10.2. The molecule has 0 fully saturated rings.